The van der Waals surface area contributed by atoms with Crippen LogP contribution in [-0.4, -0.2) is 33.1 Å². The van der Waals surface area contributed by atoms with Gasteiger partial charge >= 0.3 is 6.09 Å². The molecule has 30 heavy (non-hydrogen) atoms. The van der Waals surface area contributed by atoms with Crippen LogP contribution in [0.4, 0.5) is 10.5 Å². The molecule has 7 nitrogen and oxygen atoms in total. The van der Waals surface area contributed by atoms with Crippen LogP contribution in [0, 0.1) is 12.3 Å². The fraction of sp³-hybridized carbons (Fsp3) is 0.0909. The van der Waals surface area contributed by atoms with Crippen LogP contribution in [0.15, 0.2) is 60.2 Å². The molecule has 0 radical (unpaired) electrons. The first-order valence-corrected chi connectivity index (χ1v) is 9.94. The molecule has 4 aromatic rings. The second kappa shape index (κ2) is 8.59. The molecule has 0 bridgehead atoms. The molecule has 3 heterocycles. The van der Waals surface area contributed by atoms with E-state index < -0.39 is 6.09 Å². The first-order chi connectivity index (χ1) is 14.7. The number of rotatable bonds is 6. The Morgan fingerprint density at radius 3 is 2.93 bits per heavy atom. The predicted octanol–water partition coefficient (Wildman–Crippen LogP) is 4.26. The van der Waals surface area contributed by atoms with Crippen molar-refractivity contribution in [1.82, 2.24) is 14.6 Å². The molecule has 1 amide bonds. The quantitative estimate of drug-likeness (QED) is 0.288. The van der Waals surface area contributed by atoms with Gasteiger partial charge in [-0.05, 0) is 29.6 Å². The smallest absolute Gasteiger partial charge is 0.411 e. The van der Waals surface area contributed by atoms with E-state index in [0.29, 0.717) is 28.2 Å². The van der Waals surface area contributed by atoms with E-state index in [0.717, 1.165) is 11.3 Å². The maximum absolute atomic E-state index is 12.8. The lowest BCUT2D eigenvalue weighted by molar-refractivity contribution is 0.104. The van der Waals surface area contributed by atoms with Crippen molar-refractivity contribution in [3.8, 4) is 23.6 Å². The summed E-state index contributed by atoms with van der Waals surface area (Å²) in [6.45, 7) is 0.154. The van der Waals surface area contributed by atoms with Gasteiger partial charge in [0.1, 0.15) is 6.61 Å². The van der Waals surface area contributed by atoms with Gasteiger partial charge in [-0.1, -0.05) is 18.2 Å². The monoisotopic (exact) mass is 416 g/mol. The number of amides is 1. The molecule has 0 saturated carbocycles. The second-order valence-electron chi connectivity index (χ2n) is 6.23. The van der Waals surface area contributed by atoms with Crippen LogP contribution in [0.25, 0.3) is 16.9 Å². The third kappa shape index (κ3) is 3.92. The molecule has 1 N–H and O–H groups in total. The molecular formula is C22H16N4O3S. The van der Waals surface area contributed by atoms with Gasteiger partial charge in [0.05, 0.1) is 22.3 Å². The largest absolute Gasteiger partial charge is 0.448 e. The number of hydrogen-bond acceptors (Lipinski definition) is 6. The number of nitrogens with one attached hydrogen (secondary N) is 1. The Morgan fingerprint density at radius 1 is 1.23 bits per heavy atom. The molecule has 3 aromatic heterocycles. The minimum Gasteiger partial charge on any atom is -0.448 e. The van der Waals surface area contributed by atoms with Crippen LogP contribution in [0.3, 0.4) is 0 Å². The van der Waals surface area contributed by atoms with Crippen molar-refractivity contribution < 1.29 is 14.3 Å². The van der Waals surface area contributed by atoms with Gasteiger partial charge in [-0.25, -0.2) is 14.3 Å². The van der Waals surface area contributed by atoms with E-state index in [1.54, 1.807) is 41.0 Å². The summed E-state index contributed by atoms with van der Waals surface area (Å²) in [6, 6.07) is 12.6. The summed E-state index contributed by atoms with van der Waals surface area (Å²) in [5.74, 6) is 2.29. The summed E-state index contributed by atoms with van der Waals surface area (Å²) in [6.07, 6.45) is 8.08. The lowest BCUT2D eigenvalue weighted by atomic mass is 10.1. The van der Waals surface area contributed by atoms with E-state index in [2.05, 4.69) is 21.3 Å². The molecule has 148 valence electrons. The fourth-order valence-electron chi connectivity index (χ4n) is 2.92. The highest BCUT2D eigenvalue weighted by molar-refractivity contribution is 7.12. The Hall–Kier alpha value is -3.96. The Kier molecular flexibility index (Phi) is 5.54. The van der Waals surface area contributed by atoms with Gasteiger partial charge in [0, 0.05) is 23.9 Å². The summed E-state index contributed by atoms with van der Waals surface area (Å²) >= 11 is 1.38. The van der Waals surface area contributed by atoms with Gasteiger partial charge < -0.3 is 4.74 Å². The molecule has 0 unspecified atom stereocenters. The summed E-state index contributed by atoms with van der Waals surface area (Å²) in [5.41, 5.74) is 2.99. The number of hydrogen-bond donors (Lipinski definition) is 1. The zero-order valence-electron chi connectivity index (χ0n) is 15.7. The summed E-state index contributed by atoms with van der Waals surface area (Å²) in [5, 5.41) is 8.90. The maximum atomic E-state index is 12.8. The van der Waals surface area contributed by atoms with E-state index in [1.807, 2.05) is 17.5 Å². The number of ether oxygens (including phenoxy) is 1. The van der Waals surface area contributed by atoms with Crippen molar-refractivity contribution in [1.29, 1.82) is 0 Å². The van der Waals surface area contributed by atoms with Crippen LogP contribution in [-0.2, 0) is 4.74 Å². The molecule has 4 rings (SSSR count). The average Bonchev–Trinajstić information content (AvgIpc) is 3.44. The van der Waals surface area contributed by atoms with E-state index in [-0.39, 0.29) is 12.4 Å². The number of terminal acetylenes is 1. The van der Waals surface area contributed by atoms with Crippen LogP contribution < -0.4 is 5.32 Å². The zero-order chi connectivity index (χ0) is 20.9. The Morgan fingerprint density at radius 2 is 2.13 bits per heavy atom. The third-order valence-electron chi connectivity index (χ3n) is 4.28. The first kappa shape index (κ1) is 19.4. The van der Waals surface area contributed by atoms with Crippen LogP contribution in [0.1, 0.15) is 21.7 Å². The van der Waals surface area contributed by atoms with Gasteiger partial charge in [0.15, 0.2) is 5.65 Å². The fourth-order valence-corrected chi connectivity index (χ4v) is 3.60. The number of thiophene rings is 1. The van der Waals surface area contributed by atoms with Crippen LogP contribution in [0.2, 0.25) is 0 Å². The molecule has 0 spiro atoms. The number of ketones is 1. The molecule has 0 fully saturated rings. The second-order valence-corrected chi connectivity index (χ2v) is 7.17. The van der Waals surface area contributed by atoms with Crippen molar-refractivity contribution in [2.45, 2.75) is 6.42 Å². The molecule has 0 aliphatic heterocycles. The SMILES string of the molecule is C#CCCOC(=O)Nc1cccc(-c2ccnc3c(C(=O)c4cccs4)cnn23)c1. The highest BCUT2D eigenvalue weighted by Crippen LogP contribution is 2.25. The molecule has 0 saturated heterocycles. The minimum atomic E-state index is -0.579. The van der Waals surface area contributed by atoms with E-state index >= 15 is 0 Å². The molecule has 8 heteroatoms. The number of nitrogens with zero attached hydrogens (tertiary/aromatic N) is 3. The molecular weight excluding hydrogens is 400 g/mol. The Bertz CT molecular complexity index is 1260. The zero-order valence-corrected chi connectivity index (χ0v) is 16.6. The third-order valence-corrected chi connectivity index (χ3v) is 5.14. The molecule has 0 aliphatic carbocycles. The van der Waals surface area contributed by atoms with Gasteiger partial charge in [0.25, 0.3) is 0 Å². The lowest BCUT2D eigenvalue weighted by Gasteiger charge is -2.09. The summed E-state index contributed by atoms with van der Waals surface area (Å²) in [7, 11) is 0. The van der Waals surface area contributed by atoms with E-state index in [4.69, 9.17) is 11.2 Å². The number of carbonyl (C=O) groups excluding carboxylic acids is 2. The normalized spacial score (nSPS) is 10.5. The number of fused-ring (bicyclic) bond motifs is 1. The standard InChI is InChI=1S/C22H16N4O3S/c1-2-3-11-29-22(28)25-16-7-4-6-15(13-16)18-9-10-23-21-17(14-24-26(18)21)20(27)19-8-5-12-30-19/h1,4-10,12-14H,3,11H2,(H,25,28). The predicted molar refractivity (Wildman–Crippen MR) is 115 cm³/mol. The van der Waals surface area contributed by atoms with Gasteiger partial charge in [-0.15, -0.1) is 23.7 Å². The highest BCUT2D eigenvalue weighted by atomic mass is 32.1. The Balaban J connectivity index is 1.63. The van der Waals surface area contributed by atoms with Crippen molar-refractivity contribution >= 4 is 34.5 Å². The first-order valence-electron chi connectivity index (χ1n) is 9.06. The topological polar surface area (TPSA) is 85.6 Å². The van der Waals surface area contributed by atoms with Gasteiger partial charge in [0.2, 0.25) is 5.78 Å². The van der Waals surface area contributed by atoms with E-state index in [1.165, 1.54) is 17.5 Å². The molecule has 0 aliphatic rings. The van der Waals surface area contributed by atoms with Crippen LogP contribution in [0.5, 0.6) is 0 Å². The number of aromatic nitrogens is 3. The summed E-state index contributed by atoms with van der Waals surface area (Å²) in [4.78, 5) is 29.6. The number of benzene rings is 1. The van der Waals surface area contributed by atoms with E-state index in [9.17, 15) is 9.59 Å². The average molecular weight is 416 g/mol. The Labute approximate surface area is 176 Å². The van der Waals surface area contributed by atoms with Crippen molar-refractivity contribution in [3.05, 3.63) is 70.7 Å². The molecule has 0 atom stereocenters. The van der Waals surface area contributed by atoms with Crippen LogP contribution >= 0.6 is 11.3 Å². The van der Waals surface area contributed by atoms with Crippen molar-refractivity contribution in [2.75, 3.05) is 11.9 Å². The summed E-state index contributed by atoms with van der Waals surface area (Å²) < 4.78 is 6.63. The van der Waals surface area contributed by atoms with Crippen molar-refractivity contribution in [2.24, 2.45) is 0 Å². The highest BCUT2D eigenvalue weighted by Gasteiger charge is 2.18. The van der Waals surface area contributed by atoms with Gasteiger partial charge in [-0.3, -0.25) is 10.1 Å². The maximum Gasteiger partial charge on any atom is 0.411 e. The number of carbonyl (C=O) groups is 2. The molecule has 1 aromatic carbocycles. The minimum absolute atomic E-state index is 0.116. The lowest BCUT2D eigenvalue weighted by Crippen LogP contribution is -2.14. The van der Waals surface area contributed by atoms with Crippen molar-refractivity contribution in [3.63, 3.8) is 0 Å². The number of anilines is 1. The van der Waals surface area contributed by atoms with Gasteiger partial charge in [-0.2, -0.15) is 5.10 Å².